The minimum atomic E-state index is -0.610. The van der Waals surface area contributed by atoms with Crippen molar-refractivity contribution in [2.24, 2.45) is 0 Å². The van der Waals surface area contributed by atoms with Gasteiger partial charge in [0, 0.05) is 51.9 Å². The number of esters is 1. The molecule has 0 aromatic heterocycles. The molecule has 2 amide bonds. The molecule has 0 bridgehead atoms. The number of carbonyl (C=O) groups is 3. The summed E-state index contributed by atoms with van der Waals surface area (Å²) in [5, 5.41) is 3.30. The lowest BCUT2D eigenvalue weighted by Gasteiger charge is -2.36. The van der Waals surface area contributed by atoms with Crippen molar-refractivity contribution < 1.29 is 28.6 Å². The number of carbonyl (C=O) groups excluding carboxylic acids is 3. The summed E-state index contributed by atoms with van der Waals surface area (Å²) >= 11 is 0. The van der Waals surface area contributed by atoms with Crippen molar-refractivity contribution in [2.75, 3.05) is 52.4 Å². The third-order valence-electron chi connectivity index (χ3n) is 4.94. The van der Waals surface area contributed by atoms with Crippen LogP contribution in [0.5, 0.6) is 0 Å². The fourth-order valence-corrected chi connectivity index (χ4v) is 3.44. The zero-order valence-electron chi connectivity index (χ0n) is 23.5. The summed E-state index contributed by atoms with van der Waals surface area (Å²) in [6, 6.07) is -0.185. The first-order chi connectivity index (χ1) is 15.9. The predicted molar refractivity (Wildman–Crippen MR) is 135 cm³/mol. The highest BCUT2D eigenvalue weighted by Crippen LogP contribution is 2.14. The second kappa shape index (κ2) is 12.8. The Kier molecular flexibility index (Phi) is 11.3. The average molecular weight is 501 g/mol. The summed E-state index contributed by atoms with van der Waals surface area (Å²) in [5.41, 5.74) is -1.82. The van der Waals surface area contributed by atoms with Crippen molar-refractivity contribution in [3.63, 3.8) is 0 Å². The van der Waals surface area contributed by atoms with Gasteiger partial charge in [0.15, 0.2) is 0 Å². The first-order valence-corrected chi connectivity index (χ1v) is 12.5. The number of amides is 2. The number of nitrogens with zero attached hydrogens (tertiary/aromatic N) is 3. The number of nitrogens with one attached hydrogen (secondary N) is 1. The molecule has 0 aromatic rings. The highest BCUT2D eigenvalue weighted by molar-refractivity contribution is 5.72. The molecule has 0 spiro atoms. The third kappa shape index (κ3) is 13.6. The zero-order valence-corrected chi connectivity index (χ0v) is 23.5. The van der Waals surface area contributed by atoms with Crippen LogP contribution in [0, 0.1) is 0 Å². The Morgan fingerprint density at radius 3 is 1.66 bits per heavy atom. The Bertz CT molecular complexity index is 708. The predicted octanol–water partition coefficient (Wildman–Crippen LogP) is 3.10. The Morgan fingerprint density at radius 1 is 0.714 bits per heavy atom. The molecular weight excluding hydrogens is 452 g/mol. The molecule has 0 aromatic carbocycles. The molecule has 204 valence electrons. The highest BCUT2D eigenvalue weighted by Gasteiger charge is 2.29. The van der Waals surface area contributed by atoms with Crippen LogP contribution in [0.25, 0.3) is 0 Å². The van der Waals surface area contributed by atoms with Gasteiger partial charge in [-0.15, -0.1) is 0 Å². The third-order valence-corrected chi connectivity index (χ3v) is 4.94. The van der Waals surface area contributed by atoms with E-state index < -0.39 is 29.0 Å². The van der Waals surface area contributed by atoms with Crippen molar-refractivity contribution in [3.05, 3.63) is 0 Å². The zero-order chi connectivity index (χ0) is 27.0. The van der Waals surface area contributed by atoms with Crippen LogP contribution in [0.2, 0.25) is 0 Å². The van der Waals surface area contributed by atoms with Crippen LogP contribution < -0.4 is 5.32 Å². The molecule has 1 aliphatic heterocycles. The molecule has 35 heavy (non-hydrogen) atoms. The standard InChI is InChI=1S/C25H48N4O6/c1-19-17-29(22(32)35-25(8,9)10)14-12-26-11-13-27(21(31)34-24(5,6)7)15-16-28(19)18-20(30)33-23(2,3)4/h19,26H,11-18H2,1-10H3. The number of hydrogen-bond donors (Lipinski definition) is 1. The topological polar surface area (TPSA) is 101 Å². The molecule has 1 heterocycles. The highest BCUT2D eigenvalue weighted by atomic mass is 16.6. The normalized spacial score (nSPS) is 19.9. The van der Waals surface area contributed by atoms with Gasteiger partial charge < -0.3 is 29.3 Å². The summed E-state index contributed by atoms with van der Waals surface area (Å²) in [6.07, 6.45) is -0.785. The van der Waals surface area contributed by atoms with E-state index >= 15 is 0 Å². The van der Waals surface area contributed by atoms with E-state index in [1.165, 1.54) is 0 Å². The van der Waals surface area contributed by atoms with Crippen molar-refractivity contribution in [3.8, 4) is 0 Å². The Morgan fingerprint density at radius 2 is 1.17 bits per heavy atom. The van der Waals surface area contributed by atoms with Crippen LogP contribution >= 0.6 is 0 Å². The van der Waals surface area contributed by atoms with Gasteiger partial charge in [-0.25, -0.2) is 9.59 Å². The number of ether oxygens (including phenoxy) is 3. The maximum Gasteiger partial charge on any atom is 0.410 e. The van der Waals surface area contributed by atoms with Crippen LogP contribution in [0.3, 0.4) is 0 Å². The molecule has 1 N–H and O–H groups in total. The molecule has 10 nitrogen and oxygen atoms in total. The lowest BCUT2D eigenvalue weighted by molar-refractivity contribution is -0.156. The van der Waals surface area contributed by atoms with Gasteiger partial charge in [0.1, 0.15) is 16.8 Å². The van der Waals surface area contributed by atoms with Gasteiger partial charge in [0.05, 0.1) is 6.54 Å². The quantitative estimate of drug-likeness (QED) is 0.456. The largest absolute Gasteiger partial charge is 0.459 e. The monoisotopic (exact) mass is 500 g/mol. The van der Waals surface area contributed by atoms with Gasteiger partial charge in [0.2, 0.25) is 0 Å². The Hall–Kier alpha value is -2.07. The smallest absolute Gasteiger partial charge is 0.410 e. The molecule has 0 aliphatic carbocycles. The summed E-state index contributed by atoms with van der Waals surface area (Å²) in [6.45, 7) is 21.6. The second-order valence-corrected chi connectivity index (χ2v) is 12.0. The Labute approximate surface area is 211 Å². The lowest BCUT2D eigenvalue weighted by atomic mass is 10.2. The molecule has 1 fully saturated rings. The number of rotatable bonds is 2. The van der Waals surface area contributed by atoms with Gasteiger partial charge in [-0.2, -0.15) is 0 Å². The van der Waals surface area contributed by atoms with Crippen LogP contribution in [0.1, 0.15) is 69.2 Å². The maximum atomic E-state index is 12.9. The van der Waals surface area contributed by atoms with Gasteiger partial charge in [-0.05, 0) is 69.2 Å². The Balaban J connectivity index is 3.09. The maximum absolute atomic E-state index is 12.9. The lowest BCUT2D eigenvalue weighted by Crippen LogP contribution is -2.53. The van der Waals surface area contributed by atoms with Crippen molar-refractivity contribution in [2.45, 2.75) is 92.1 Å². The van der Waals surface area contributed by atoms with Crippen LogP contribution in [-0.2, 0) is 19.0 Å². The summed E-state index contributed by atoms with van der Waals surface area (Å²) in [7, 11) is 0. The van der Waals surface area contributed by atoms with E-state index in [9.17, 15) is 14.4 Å². The van der Waals surface area contributed by atoms with E-state index in [4.69, 9.17) is 14.2 Å². The van der Waals surface area contributed by atoms with E-state index in [-0.39, 0.29) is 18.6 Å². The van der Waals surface area contributed by atoms with Crippen molar-refractivity contribution in [1.82, 2.24) is 20.0 Å². The minimum absolute atomic E-state index is 0.0427. The molecular formula is C25H48N4O6. The summed E-state index contributed by atoms with van der Waals surface area (Å²) in [5.74, 6) is -0.356. The summed E-state index contributed by atoms with van der Waals surface area (Å²) in [4.78, 5) is 43.6. The van der Waals surface area contributed by atoms with Crippen molar-refractivity contribution >= 4 is 18.2 Å². The molecule has 1 aliphatic rings. The van der Waals surface area contributed by atoms with Gasteiger partial charge in [0.25, 0.3) is 0 Å². The van der Waals surface area contributed by atoms with E-state index in [1.54, 1.807) is 9.80 Å². The van der Waals surface area contributed by atoms with E-state index in [0.29, 0.717) is 45.8 Å². The number of hydrogen-bond acceptors (Lipinski definition) is 8. The molecule has 1 rings (SSSR count). The molecule has 0 saturated carbocycles. The van der Waals surface area contributed by atoms with E-state index in [2.05, 4.69) is 5.32 Å². The first kappa shape index (κ1) is 31.0. The van der Waals surface area contributed by atoms with Gasteiger partial charge in [-0.1, -0.05) is 0 Å². The molecule has 1 saturated heterocycles. The molecule has 1 atom stereocenters. The fourth-order valence-electron chi connectivity index (χ4n) is 3.44. The minimum Gasteiger partial charge on any atom is -0.459 e. The van der Waals surface area contributed by atoms with Crippen LogP contribution in [0.15, 0.2) is 0 Å². The molecule has 1 unspecified atom stereocenters. The summed E-state index contributed by atoms with van der Waals surface area (Å²) < 4.78 is 16.7. The van der Waals surface area contributed by atoms with E-state index in [1.807, 2.05) is 74.1 Å². The molecule has 0 radical (unpaired) electrons. The van der Waals surface area contributed by atoms with Crippen LogP contribution in [0.4, 0.5) is 9.59 Å². The van der Waals surface area contributed by atoms with Crippen molar-refractivity contribution in [1.29, 1.82) is 0 Å². The van der Waals surface area contributed by atoms with Gasteiger partial charge in [-0.3, -0.25) is 9.69 Å². The SMILES string of the molecule is CC1CN(C(=O)OC(C)(C)C)CCNCCN(C(=O)OC(C)(C)C)CCN1CC(=O)OC(C)(C)C. The van der Waals surface area contributed by atoms with Crippen LogP contribution in [-0.4, -0.2) is 108 Å². The first-order valence-electron chi connectivity index (χ1n) is 12.5. The van der Waals surface area contributed by atoms with Gasteiger partial charge >= 0.3 is 18.2 Å². The molecule has 10 heteroatoms. The second-order valence-electron chi connectivity index (χ2n) is 12.0. The average Bonchev–Trinajstić information content (AvgIpc) is 2.62. The fraction of sp³-hybridized carbons (Fsp3) is 0.880. The van der Waals surface area contributed by atoms with E-state index in [0.717, 1.165) is 0 Å².